The number of hydrazone groups is 1. The Labute approximate surface area is 210 Å². The van der Waals surface area contributed by atoms with Gasteiger partial charge in [0.15, 0.2) is 16.7 Å². The van der Waals surface area contributed by atoms with Gasteiger partial charge in [-0.15, -0.1) is 0 Å². The molecule has 0 aliphatic carbocycles. The van der Waals surface area contributed by atoms with Crippen molar-refractivity contribution >= 4 is 58.1 Å². The number of halogens is 2. The topological polar surface area (TPSA) is 88.6 Å². The Morgan fingerprint density at radius 1 is 1.15 bits per heavy atom. The minimum atomic E-state index is -0.261. The number of carbonyl (C=O) groups excluding carboxylic acids is 1. The highest BCUT2D eigenvalue weighted by Crippen LogP contribution is 2.31. The predicted molar refractivity (Wildman–Crippen MR) is 136 cm³/mol. The standard InChI is InChI=1S/C24H20Cl2N4O3S/c1-32-21-8-4-5-16(23(21)33-13-15-9-10-17(25)18(26)11-15)12-27-30-22(31)14-34-24-28-19-6-2-3-7-20(19)29-24/h2-12H,13-14H2,1H3,(H,28,29)(H,30,31)/b27-12+. The van der Waals surface area contributed by atoms with E-state index in [2.05, 4.69) is 20.5 Å². The van der Waals surface area contributed by atoms with Gasteiger partial charge in [0.2, 0.25) is 0 Å². The van der Waals surface area contributed by atoms with Crippen molar-refractivity contribution in [2.45, 2.75) is 11.8 Å². The molecular weight excluding hydrogens is 495 g/mol. The number of nitrogens with zero attached hydrogens (tertiary/aromatic N) is 2. The third-order valence-electron chi connectivity index (χ3n) is 4.70. The molecule has 0 aliphatic rings. The number of hydrogen-bond donors (Lipinski definition) is 2. The molecule has 0 fully saturated rings. The number of H-pyrrole nitrogens is 1. The van der Waals surface area contributed by atoms with Crippen LogP contribution in [-0.2, 0) is 11.4 Å². The number of fused-ring (bicyclic) bond motifs is 1. The van der Waals surface area contributed by atoms with E-state index in [1.54, 1.807) is 25.3 Å². The highest BCUT2D eigenvalue weighted by Gasteiger charge is 2.11. The minimum Gasteiger partial charge on any atom is -0.493 e. The quantitative estimate of drug-likeness (QED) is 0.170. The Hall–Kier alpha value is -3.20. The fraction of sp³-hybridized carbons (Fsp3) is 0.125. The van der Waals surface area contributed by atoms with E-state index in [9.17, 15) is 4.79 Å². The Kier molecular flexibility index (Phi) is 7.95. The number of methoxy groups -OCH3 is 1. The molecule has 7 nitrogen and oxygen atoms in total. The van der Waals surface area contributed by atoms with E-state index in [4.69, 9.17) is 32.7 Å². The number of thioether (sulfide) groups is 1. The lowest BCUT2D eigenvalue weighted by Gasteiger charge is -2.13. The van der Waals surface area contributed by atoms with Crippen molar-refractivity contribution in [3.05, 3.63) is 81.8 Å². The van der Waals surface area contributed by atoms with Gasteiger partial charge in [0.1, 0.15) is 6.61 Å². The second-order valence-electron chi connectivity index (χ2n) is 7.06. The van der Waals surface area contributed by atoms with Crippen LogP contribution in [0.3, 0.4) is 0 Å². The summed E-state index contributed by atoms with van der Waals surface area (Å²) < 4.78 is 11.4. The molecule has 2 N–H and O–H groups in total. The largest absolute Gasteiger partial charge is 0.493 e. The molecule has 3 aromatic carbocycles. The number of hydrogen-bond acceptors (Lipinski definition) is 6. The molecule has 4 aromatic rings. The summed E-state index contributed by atoms with van der Waals surface area (Å²) in [6.07, 6.45) is 1.51. The molecule has 0 saturated heterocycles. The molecule has 34 heavy (non-hydrogen) atoms. The second-order valence-corrected chi connectivity index (χ2v) is 8.84. The maximum absolute atomic E-state index is 12.2. The summed E-state index contributed by atoms with van der Waals surface area (Å²) in [7, 11) is 1.55. The molecule has 0 spiro atoms. The number of amides is 1. The minimum absolute atomic E-state index is 0.163. The van der Waals surface area contributed by atoms with Crippen LogP contribution in [0.5, 0.6) is 11.5 Å². The van der Waals surface area contributed by atoms with Crippen molar-refractivity contribution in [1.82, 2.24) is 15.4 Å². The van der Waals surface area contributed by atoms with Gasteiger partial charge in [0, 0.05) is 5.56 Å². The zero-order valence-electron chi connectivity index (χ0n) is 18.0. The third-order valence-corrected chi connectivity index (χ3v) is 6.31. The van der Waals surface area contributed by atoms with Gasteiger partial charge in [-0.1, -0.05) is 59.2 Å². The molecule has 0 atom stereocenters. The number of aromatic nitrogens is 2. The SMILES string of the molecule is COc1cccc(/C=N/NC(=O)CSc2nc3ccccc3[nH]2)c1OCc1ccc(Cl)c(Cl)c1. The normalized spacial score (nSPS) is 11.1. The van der Waals surface area contributed by atoms with Crippen molar-refractivity contribution in [1.29, 1.82) is 0 Å². The van der Waals surface area contributed by atoms with E-state index in [1.165, 1.54) is 18.0 Å². The van der Waals surface area contributed by atoms with E-state index < -0.39 is 0 Å². The zero-order chi connectivity index (χ0) is 23.9. The van der Waals surface area contributed by atoms with Crippen molar-refractivity contribution in [3.63, 3.8) is 0 Å². The lowest BCUT2D eigenvalue weighted by atomic mass is 10.2. The van der Waals surface area contributed by atoms with Crippen molar-refractivity contribution in [2.75, 3.05) is 12.9 Å². The van der Waals surface area contributed by atoms with Crippen LogP contribution in [0.2, 0.25) is 10.0 Å². The van der Waals surface area contributed by atoms with Crippen LogP contribution in [0.25, 0.3) is 11.0 Å². The molecule has 0 unspecified atom stereocenters. The van der Waals surface area contributed by atoms with Crippen LogP contribution in [0.4, 0.5) is 0 Å². The number of ether oxygens (including phenoxy) is 2. The second kappa shape index (κ2) is 11.3. The number of benzene rings is 3. The lowest BCUT2D eigenvalue weighted by molar-refractivity contribution is -0.118. The molecule has 1 aromatic heterocycles. The number of aromatic amines is 1. The molecule has 1 amide bonds. The first-order valence-corrected chi connectivity index (χ1v) is 11.9. The summed E-state index contributed by atoms with van der Waals surface area (Å²) in [6, 6.07) is 18.4. The first-order valence-electron chi connectivity index (χ1n) is 10.2. The molecule has 174 valence electrons. The van der Waals surface area contributed by atoms with E-state index in [0.717, 1.165) is 16.6 Å². The number of rotatable bonds is 9. The van der Waals surface area contributed by atoms with E-state index >= 15 is 0 Å². The van der Waals surface area contributed by atoms with Gasteiger partial charge in [-0.05, 0) is 42.0 Å². The molecular formula is C24H20Cl2N4O3S. The number of imidazole rings is 1. The summed E-state index contributed by atoms with van der Waals surface area (Å²) in [6.45, 7) is 0.249. The van der Waals surface area contributed by atoms with Gasteiger partial charge in [0.25, 0.3) is 5.91 Å². The maximum atomic E-state index is 12.2. The lowest BCUT2D eigenvalue weighted by Crippen LogP contribution is -2.19. The molecule has 0 bridgehead atoms. The van der Waals surface area contributed by atoms with Gasteiger partial charge >= 0.3 is 0 Å². The monoisotopic (exact) mass is 514 g/mol. The average Bonchev–Trinajstić information content (AvgIpc) is 3.27. The van der Waals surface area contributed by atoms with Crippen molar-refractivity contribution < 1.29 is 14.3 Å². The first-order chi connectivity index (χ1) is 16.5. The van der Waals surface area contributed by atoms with Crippen LogP contribution in [0.15, 0.2) is 70.9 Å². The summed E-state index contributed by atoms with van der Waals surface area (Å²) in [5.41, 5.74) is 5.80. The highest BCUT2D eigenvalue weighted by atomic mass is 35.5. The summed E-state index contributed by atoms with van der Waals surface area (Å²) >= 11 is 13.4. The van der Waals surface area contributed by atoms with Gasteiger partial charge in [-0.3, -0.25) is 4.79 Å². The highest BCUT2D eigenvalue weighted by molar-refractivity contribution is 7.99. The summed E-state index contributed by atoms with van der Waals surface area (Å²) in [4.78, 5) is 19.8. The molecule has 0 aliphatic heterocycles. The fourth-order valence-electron chi connectivity index (χ4n) is 3.07. The first kappa shape index (κ1) is 23.9. The van der Waals surface area contributed by atoms with Crippen LogP contribution in [0.1, 0.15) is 11.1 Å². The maximum Gasteiger partial charge on any atom is 0.250 e. The molecule has 0 radical (unpaired) electrons. The number of nitrogens with one attached hydrogen (secondary N) is 2. The Bertz CT molecular complexity index is 1310. The zero-order valence-corrected chi connectivity index (χ0v) is 20.4. The smallest absolute Gasteiger partial charge is 0.250 e. The van der Waals surface area contributed by atoms with Crippen molar-refractivity contribution in [2.24, 2.45) is 5.10 Å². The van der Waals surface area contributed by atoms with Gasteiger partial charge in [0.05, 0.1) is 40.2 Å². The Balaban J connectivity index is 1.37. The molecule has 0 saturated carbocycles. The van der Waals surface area contributed by atoms with Crippen LogP contribution >= 0.6 is 35.0 Å². The number of para-hydroxylation sites is 3. The molecule has 10 heteroatoms. The van der Waals surface area contributed by atoms with E-state index in [1.807, 2.05) is 42.5 Å². The summed E-state index contributed by atoms with van der Waals surface area (Å²) in [5, 5.41) is 5.67. The third kappa shape index (κ3) is 6.02. The van der Waals surface area contributed by atoms with Crippen LogP contribution in [-0.4, -0.2) is 35.0 Å². The Morgan fingerprint density at radius 2 is 2.00 bits per heavy atom. The van der Waals surface area contributed by atoms with Crippen molar-refractivity contribution in [3.8, 4) is 11.5 Å². The van der Waals surface area contributed by atoms with E-state index in [-0.39, 0.29) is 18.3 Å². The van der Waals surface area contributed by atoms with Gasteiger partial charge < -0.3 is 14.5 Å². The summed E-state index contributed by atoms with van der Waals surface area (Å²) in [5.74, 6) is 0.931. The Morgan fingerprint density at radius 3 is 2.79 bits per heavy atom. The fourth-order valence-corrected chi connectivity index (χ4v) is 4.07. The number of carbonyl (C=O) groups is 1. The van der Waals surface area contributed by atoms with E-state index in [0.29, 0.717) is 32.3 Å². The van der Waals surface area contributed by atoms with Crippen LogP contribution in [0, 0.1) is 0 Å². The average molecular weight is 515 g/mol. The molecule has 1 heterocycles. The van der Waals surface area contributed by atoms with Gasteiger partial charge in [-0.2, -0.15) is 5.10 Å². The predicted octanol–water partition coefficient (Wildman–Crippen LogP) is 5.70. The van der Waals surface area contributed by atoms with Crippen LogP contribution < -0.4 is 14.9 Å². The van der Waals surface area contributed by atoms with Gasteiger partial charge in [-0.25, -0.2) is 10.4 Å². The molecule has 4 rings (SSSR count).